The van der Waals surface area contributed by atoms with Gasteiger partial charge in [-0.2, -0.15) is 0 Å². The number of hydrogen-bond acceptors (Lipinski definition) is 4. The summed E-state index contributed by atoms with van der Waals surface area (Å²) < 4.78 is 33.2. The molecule has 0 spiro atoms. The summed E-state index contributed by atoms with van der Waals surface area (Å²) >= 11 is 0. The van der Waals surface area contributed by atoms with Crippen molar-refractivity contribution in [3.63, 3.8) is 0 Å². The number of carbonyl (C=O) groups excluding carboxylic acids is 2. The van der Waals surface area contributed by atoms with Crippen molar-refractivity contribution in [2.24, 2.45) is 0 Å². The fraction of sp³-hybridized carbons (Fsp3) is 0.462. The van der Waals surface area contributed by atoms with E-state index in [-0.39, 0.29) is 22.9 Å². The molecule has 0 bridgehead atoms. The summed E-state index contributed by atoms with van der Waals surface area (Å²) in [7, 11) is 0. The van der Waals surface area contributed by atoms with Crippen molar-refractivity contribution in [3.8, 4) is 0 Å². The normalized spacial score (nSPS) is 10.6. The summed E-state index contributed by atoms with van der Waals surface area (Å²) in [5.41, 5.74) is 0.461. The quantitative estimate of drug-likeness (QED) is 0.128. The van der Waals surface area contributed by atoms with Crippen LogP contribution in [-0.2, 0) is 56.7 Å². The summed E-state index contributed by atoms with van der Waals surface area (Å²) in [6, 6.07) is 10.0. The second kappa shape index (κ2) is 31.1. The van der Waals surface area contributed by atoms with Gasteiger partial charge in [0.1, 0.15) is 5.78 Å². The van der Waals surface area contributed by atoms with Crippen LogP contribution in [0.3, 0.4) is 0 Å². The number of carbonyl (C=O) groups is 1. The van der Waals surface area contributed by atoms with Gasteiger partial charge >= 0.3 is 33.9 Å². The van der Waals surface area contributed by atoms with Gasteiger partial charge in [-0.1, -0.05) is 56.6 Å². The first-order valence-corrected chi connectivity index (χ1v) is 10.4. The molecule has 0 fully saturated rings. The molecular weight excluding hydrogens is 480 g/mol. The van der Waals surface area contributed by atoms with Gasteiger partial charge in [-0.05, 0) is 44.6 Å². The summed E-state index contributed by atoms with van der Waals surface area (Å²) in [4.78, 5) is 22.5. The Morgan fingerprint density at radius 2 is 1.65 bits per heavy atom. The molecule has 0 saturated heterocycles. The summed E-state index contributed by atoms with van der Waals surface area (Å²) in [5.74, 6) is 0.0697. The molecule has 3 radical (unpaired) electrons. The van der Waals surface area contributed by atoms with E-state index in [1.807, 2.05) is 37.3 Å². The Hall–Kier alpha value is -1.94. The van der Waals surface area contributed by atoms with Gasteiger partial charge < -0.3 is 14.3 Å². The van der Waals surface area contributed by atoms with E-state index in [4.69, 9.17) is 23.4 Å². The number of ether oxygens (including phenoxy) is 2. The predicted molar refractivity (Wildman–Crippen MR) is 119 cm³/mol. The molecule has 0 N–H and O–H groups in total. The molecule has 187 valence electrons. The number of hydrogen-bond donors (Lipinski definition) is 0. The van der Waals surface area contributed by atoms with Gasteiger partial charge in [0.2, 0.25) is 0 Å². The third-order valence-electron chi connectivity index (χ3n) is 4.36. The van der Waals surface area contributed by atoms with Crippen molar-refractivity contribution in [3.05, 3.63) is 75.1 Å². The van der Waals surface area contributed by atoms with E-state index >= 15 is 0 Å². The summed E-state index contributed by atoms with van der Waals surface area (Å²) in [6.45, 7) is 20.2. The van der Waals surface area contributed by atoms with Crippen LogP contribution in [0.15, 0.2) is 30.3 Å². The molecule has 8 heteroatoms. The van der Waals surface area contributed by atoms with Crippen LogP contribution >= 0.6 is 0 Å². The standard InChI is InChI=1S/C23H32O4.3CO.Fe/c1-3-4-9-16-23(2,27-20-24)17-11-15-22(25)14-8-10-18-26-19-21-12-6-5-7-13-21;3*1-2;/h5-7,11-13,15,17H,3-4,8-10,14,16,18-19H2,1-2H3;;;;/q-1;;;;/t23-;;;;/m1..../s1. The molecule has 0 aliphatic rings. The summed E-state index contributed by atoms with van der Waals surface area (Å²) in [6.07, 6.45) is 11.0. The third kappa shape index (κ3) is 24.7. The van der Waals surface area contributed by atoms with Gasteiger partial charge in [-0.15, -0.1) is 0 Å². The van der Waals surface area contributed by atoms with Crippen LogP contribution in [0.25, 0.3) is 0 Å². The molecule has 0 aliphatic carbocycles. The molecular formula is C26H32FeO7-. The van der Waals surface area contributed by atoms with E-state index in [0.29, 0.717) is 19.6 Å². The van der Waals surface area contributed by atoms with Gasteiger partial charge in [0, 0.05) is 42.9 Å². The molecule has 0 unspecified atom stereocenters. The van der Waals surface area contributed by atoms with Crippen LogP contribution < -0.4 is 0 Å². The minimum Gasteiger partial charge on any atom is 0 e. The Kier molecular flexibility index (Phi) is 35.9. The maximum atomic E-state index is 11.9. The fourth-order valence-corrected chi connectivity index (χ4v) is 2.70. The smallest absolute Gasteiger partial charge is 0 e. The van der Waals surface area contributed by atoms with Crippen LogP contribution in [-0.4, -0.2) is 24.5 Å². The Morgan fingerprint density at radius 3 is 2.21 bits per heavy atom. The molecule has 1 aromatic carbocycles. The van der Waals surface area contributed by atoms with Crippen LogP contribution in [0, 0.1) is 39.2 Å². The number of benzene rings is 1. The van der Waals surface area contributed by atoms with Gasteiger partial charge in [-0.3, -0.25) is 4.79 Å². The molecule has 1 aromatic rings. The third-order valence-corrected chi connectivity index (χ3v) is 4.36. The van der Waals surface area contributed by atoms with Crippen LogP contribution in [0.1, 0.15) is 64.4 Å². The average molecular weight is 512 g/mol. The first-order valence-electron chi connectivity index (χ1n) is 10.4. The zero-order valence-corrected chi connectivity index (χ0v) is 20.8. The zero-order valence-electron chi connectivity index (χ0n) is 19.7. The van der Waals surface area contributed by atoms with Crippen LogP contribution in [0.5, 0.6) is 0 Å². The Bertz CT molecular complexity index is 629. The minimum atomic E-state index is -0.695. The number of rotatable bonds is 17. The fourth-order valence-electron chi connectivity index (χ4n) is 2.70. The van der Waals surface area contributed by atoms with Gasteiger partial charge in [-0.25, -0.2) is 0 Å². The maximum absolute atomic E-state index is 11.9. The van der Waals surface area contributed by atoms with E-state index in [1.165, 1.54) is 6.47 Å². The van der Waals surface area contributed by atoms with E-state index in [9.17, 15) is 9.59 Å². The van der Waals surface area contributed by atoms with Gasteiger partial charge in [0.05, 0.1) is 12.2 Å². The molecule has 34 heavy (non-hydrogen) atoms. The molecule has 1 rings (SSSR count). The molecule has 1 atom stereocenters. The topological polar surface area (TPSA) is 112 Å². The first-order chi connectivity index (χ1) is 16.1. The second-order valence-corrected chi connectivity index (χ2v) is 6.94. The Morgan fingerprint density at radius 1 is 1.03 bits per heavy atom. The molecule has 0 aromatic heterocycles. The van der Waals surface area contributed by atoms with Crippen molar-refractivity contribution >= 4 is 12.3 Å². The van der Waals surface area contributed by atoms with E-state index in [0.717, 1.165) is 44.1 Å². The first kappa shape index (κ1) is 39.3. The van der Waals surface area contributed by atoms with Crippen molar-refractivity contribution in [1.82, 2.24) is 0 Å². The van der Waals surface area contributed by atoms with Gasteiger partial charge in [0.15, 0.2) is 0 Å². The zero-order chi connectivity index (χ0) is 25.8. The molecule has 0 heterocycles. The minimum absolute atomic E-state index is 0. The molecule has 0 amide bonds. The molecule has 0 saturated carbocycles. The Balaban J connectivity index is -0.000000593. The largest absolute Gasteiger partial charge is 0 e. The number of unbranched alkanes of at least 4 members (excludes halogenated alkanes) is 3. The molecule has 7 nitrogen and oxygen atoms in total. The van der Waals surface area contributed by atoms with Crippen molar-refractivity contribution < 1.29 is 50.1 Å². The predicted octanol–water partition coefficient (Wildman–Crippen LogP) is 4.86. The average Bonchev–Trinajstić information content (AvgIpc) is 2.86. The molecule has 0 aliphatic heterocycles. The van der Waals surface area contributed by atoms with Crippen LogP contribution in [0.2, 0.25) is 0 Å². The van der Waals surface area contributed by atoms with Gasteiger partial charge in [0.25, 0.3) is 0 Å². The number of Topliss-reactive ketones (excluding diaryl/α,β-unsaturated/α-hetero) is 1. The monoisotopic (exact) mass is 512 g/mol. The van der Waals surface area contributed by atoms with Crippen molar-refractivity contribution in [2.45, 2.75) is 71.0 Å². The second-order valence-electron chi connectivity index (χ2n) is 6.94. The van der Waals surface area contributed by atoms with E-state index in [1.54, 1.807) is 19.3 Å². The van der Waals surface area contributed by atoms with Crippen molar-refractivity contribution in [1.29, 1.82) is 0 Å². The van der Waals surface area contributed by atoms with Crippen LogP contribution in [0.4, 0.5) is 0 Å². The Labute approximate surface area is 215 Å². The van der Waals surface area contributed by atoms with E-state index < -0.39 is 5.60 Å². The van der Waals surface area contributed by atoms with Crippen molar-refractivity contribution in [2.75, 3.05) is 6.61 Å². The maximum Gasteiger partial charge on any atom is 0 e. The SMILES string of the molecule is CCCCC[C@](C)([CH][CH][CH]C(=O)CCCCOCc1ccccc1)O[C-]=O.[C-]#[O+].[C-]#[O+].[C-]#[O+].[Fe]. The van der Waals surface area contributed by atoms with E-state index in [2.05, 4.69) is 26.9 Å². The number of ketones is 1. The summed E-state index contributed by atoms with van der Waals surface area (Å²) in [5, 5.41) is 0.